The van der Waals surface area contributed by atoms with Crippen molar-refractivity contribution in [3.63, 3.8) is 0 Å². The van der Waals surface area contributed by atoms with Crippen LogP contribution in [0.2, 0.25) is 0 Å². The largest absolute Gasteiger partial charge is 0.303 e. The maximum Gasteiger partial charge on any atom is 0.169 e. The monoisotopic (exact) mass is 267 g/mol. The molecular formula is C15H19F2NO. The molecule has 0 heterocycles. The number of carbonyl (C=O) groups is 1. The van der Waals surface area contributed by atoms with Crippen LogP contribution in [0.1, 0.15) is 36.5 Å². The Kier molecular flexibility index (Phi) is 4.64. The van der Waals surface area contributed by atoms with Gasteiger partial charge >= 0.3 is 0 Å². The van der Waals surface area contributed by atoms with Crippen LogP contribution in [0.25, 0.3) is 0 Å². The predicted octanol–water partition coefficient (Wildman–Crippen LogP) is 3.27. The highest BCUT2D eigenvalue weighted by atomic mass is 19.2. The van der Waals surface area contributed by atoms with Gasteiger partial charge in [-0.2, -0.15) is 0 Å². The number of hydrogen-bond donors (Lipinski definition) is 0. The summed E-state index contributed by atoms with van der Waals surface area (Å²) in [4.78, 5) is 14.1. The van der Waals surface area contributed by atoms with E-state index >= 15 is 0 Å². The summed E-state index contributed by atoms with van der Waals surface area (Å²) in [5, 5.41) is 0. The van der Waals surface area contributed by atoms with Crippen LogP contribution >= 0.6 is 0 Å². The molecule has 1 aromatic carbocycles. The molecule has 1 aromatic rings. The highest BCUT2D eigenvalue weighted by Crippen LogP contribution is 2.29. The van der Waals surface area contributed by atoms with Gasteiger partial charge in [-0.1, -0.05) is 13.0 Å². The highest BCUT2D eigenvalue weighted by Gasteiger charge is 2.24. The van der Waals surface area contributed by atoms with E-state index in [1.165, 1.54) is 25.0 Å². The first-order valence-corrected chi connectivity index (χ1v) is 6.81. The zero-order valence-electron chi connectivity index (χ0n) is 11.2. The molecule has 0 N–H and O–H groups in total. The molecule has 0 aliphatic heterocycles. The van der Waals surface area contributed by atoms with Gasteiger partial charge in [0.2, 0.25) is 0 Å². The van der Waals surface area contributed by atoms with Crippen molar-refractivity contribution in [3.05, 3.63) is 35.4 Å². The van der Waals surface area contributed by atoms with E-state index in [0.29, 0.717) is 6.54 Å². The van der Waals surface area contributed by atoms with E-state index in [0.717, 1.165) is 25.1 Å². The first-order valence-electron chi connectivity index (χ1n) is 6.81. The molecule has 0 spiro atoms. The van der Waals surface area contributed by atoms with Crippen LogP contribution in [-0.2, 0) is 0 Å². The molecule has 2 nitrogen and oxygen atoms in total. The number of hydrogen-bond acceptors (Lipinski definition) is 2. The normalized spacial score (nSPS) is 14.9. The lowest BCUT2D eigenvalue weighted by molar-refractivity contribution is 0.0959. The number of halogens is 2. The molecule has 1 aliphatic rings. The fourth-order valence-electron chi connectivity index (χ4n) is 2.16. The number of rotatable bonds is 7. The lowest BCUT2D eigenvalue weighted by Gasteiger charge is -2.19. The van der Waals surface area contributed by atoms with Crippen LogP contribution in [-0.4, -0.2) is 30.3 Å². The number of nitrogens with zero attached hydrogens (tertiary/aromatic N) is 1. The second-order valence-electron chi connectivity index (χ2n) is 5.11. The van der Waals surface area contributed by atoms with E-state index < -0.39 is 11.6 Å². The van der Waals surface area contributed by atoms with Crippen LogP contribution in [0, 0.1) is 17.6 Å². The summed E-state index contributed by atoms with van der Waals surface area (Å²) in [7, 11) is 0. The molecule has 0 bridgehead atoms. The van der Waals surface area contributed by atoms with E-state index in [1.807, 2.05) is 0 Å². The molecule has 19 heavy (non-hydrogen) atoms. The Morgan fingerprint density at radius 2 is 2.11 bits per heavy atom. The summed E-state index contributed by atoms with van der Waals surface area (Å²) >= 11 is 0. The predicted molar refractivity (Wildman–Crippen MR) is 70.1 cm³/mol. The number of Topliss-reactive ketones (excluding diaryl/α,β-unsaturated/α-hetero) is 1. The maximum absolute atomic E-state index is 13.5. The summed E-state index contributed by atoms with van der Waals surface area (Å²) < 4.78 is 26.5. The molecule has 0 radical (unpaired) electrons. The summed E-state index contributed by atoms with van der Waals surface area (Å²) in [5.74, 6) is -1.55. The van der Waals surface area contributed by atoms with Gasteiger partial charge in [-0.05, 0) is 37.4 Å². The fraction of sp³-hybridized carbons (Fsp3) is 0.533. The average Bonchev–Trinajstić information content (AvgIpc) is 3.21. The molecule has 0 unspecified atom stereocenters. The second-order valence-corrected chi connectivity index (χ2v) is 5.11. The van der Waals surface area contributed by atoms with Gasteiger partial charge in [0.15, 0.2) is 17.4 Å². The minimum atomic E-state index is -1.03. The fourth-order valence-corrected chi connectivity index (χ4v) is 2.16. The standard InChI is InChI=1S/C15H19F2NO/c1-2-18(10-11-6-7-11)9-8-14(19)12-4-3-5-13(16)15(12)17/h3-5,11H,2,6-10H2,1H3. The third-order valence-corrected chi connectivity index (χ3v) is 3.57. The van der Waals surface area contributed by atoms with Crippen LogP contribution in [0.5, 0.6) is 0 Å². The van der Waals surface area contributed by atoms with Crippen molar-refractivity contribution in [2.75, 3.05) is 19.6 Å². The zero-order valence-corrected chi connectivity index (χ0v) is 11.2. The Hall–Kier alpha value is -1.29. The Balaban J connectivity index is 1.90. The summed E-state index contributed by atoms with van der Waals surface area (Å²) in [6, 6.07) is 3.74. The number of ketones is 1. The van der Waals surface area contributed by atoms with Crippen molar-refractivity contribution < 1.29 is 13.6 Å². The number of carbonyl (C=O) groups excluding carboxylic acids is 1. The molecule has 0 saturated heterocycles. The Bertz CT molecular complexity index is 457. The minimum absolute atomic E-state index is 0.137. The molecule has 1 saturated carbocycles. The molecule has 0 aromatic heterocycles. The summed E-state index contributed by atoms with van der Waals surface area (Å²) in [6.07, 6.45) is 2.77. The van der Waals surface area contributed by atoms with Crippen molar-refractivity contribution in [1.82, 2.24) is 4.90 Å². The van der Waals surface area contributed by atoms with Gasteiger partial charge in [0, 0.05) is 19.5 Å². The maximum atomic E-state index is 13.5. The Morgan fingerprint density at radius 1 is 1.37 bits per heavy atom. The third kappa shape index (κ3) is 3.83. The van der Waals surface area contributed by atoms with Crippen molar-refractivity contribution in [2.24, 2.45) is 5.92 Å². The van der Waals surface area contributed by atoms with Crippen LogP contribution in [0.4, 0.5) is 8.78 Å². The Morgan fingerprint density at radius 3 is 2.74 bits per heavy atom. The quantitative estimate of drug-likeness (QED) is 0.707. The summed E-state index contributed by atoms with van der Waals surface area (Å²) in [5.41, 5.74) is -0.137. The molecule has 2 rings (SSSR count). The van der Waals surface area contributed by atoms with Gasteiger partial charge in [-0.3, -0.25) is 4.79 Å². The van der Waals surface area contributed by atoms with E-state index in [1.54, 1.807) is 0 Å². The molecule has 1 fully saturated rings. The second kappa shape index (κ2) is 6.24. The van der Waals surface area contributed by atoms with E-state index in [4.69, 9.17) is 0 Å². The van der Waals surface area contributed by atoms with Crippen molar-refractivity contribution in [1.29, 1.82) is 0 Å². The molecule has 0 atom stereocenters. The van der Waals surface area contributed by atoms with E-state index in [-0.39, 0.29) is 17.8 Å². The molecule has 4 heteroatoms. The average molecular weight is 267 g/mol. The van der Waals surface area contributed by atoms with Gasteiger partial charge in [0.1, 0.15) is 0 Å². The topological polar surface area (TPSA) is 20.3 Å². The van der Waals surface area contributed by atoms with Crippen LogP contribution < -0.4 is 0 Å². The molecular weight excluding hydrogens is 248 g/mol. The first-order chi connectivity index (χ1) is 9.11. The molecule has 0 amide bonds. The van der Waals surface area contributed by atoms with Gasteiger partial charge in [0.05, 0.1) is 5.56 Å². The zero-order chi connectivity index (χ0) is 13.8. The van der Waals surface area contributed by atoms with Gasteiger partial charge in [-0.15, -0.1) is 0 Å². The summed E-state index contributed by atoms with van der Waals surface area (Å²) in [6.45, 7) is 4.56. The third-order valence-electron chi connectivity index (χ3n) is 3.57. The minimum Gasteiger partial charge on any atom is -0.303 e. The van der Waals surface area contributed by atoms with Gasteiger partial charge < -0.3 is 4.90 Å². The van der Waals surface area contributed by atoms with E-state index in [9.17, 15) is 13.6 Å². The lowest BCUT2D eigenvalue weighted by atomic mass is 10.1. The van der Waals surface area contributed by atoms with Crippen molar-refractivity contribution in [3.8, 4) is 0 Å². The van der Waals surface area contributed by atoms with Gasteiger partial charge in [0.25, 0.3) is 0 Å². The SMILES string of the molecule is CCN(CCC(=O)c1cccc(F)c1F)CC1CC1. The van der Waals surface area contributed by atoms with Crippen molar-refractivity contribution in [2.45, 2.75) is 26.2 Å². The molecule has 1 aliphatic carbocycles. The highest BCUT2D eigenvalue weighted by molar-refractivity contribution is 5.96. The van der Waals surface area contributed by atoms with Crippen LogP contribution in [0.3, 0.4) is 0 Å². The number of benzene rings is 1. The van der Waals surface area contributed by atoms with Crippen LogP contribution in [0.15, 0.2) is 18.2 Å². The van der Waals surface area contributed by atoms with E-state index in [2.05, 4.69) is 11.8 Å². The smallest absolute Gasteiger partial charge is 0.169 e. The Labute approximate surface area is 112 Å². The molecule has 104 valence electrons. The van der Waals surface area contributed by atoms with Crippen molar-refractivity contribution >= 4 is 5.78 Å². The lowest BCUT2D eigenvalue weighted by Crippen LogP contribution is -2.28. The van der Waals surface area contributed by atoms with Gasteiger partial charge in [-0.25, -0.2) is 8.78 Å². The first kappa shape index (κ1) is 14.1.